The van der Waals surface area contributed by atoms with Gasteiger partial charge in [-0.2, -0.15) is 0 Å². The highest BCUT2D eigenvalue weighted by molar-refractivity contribution is 7.53. The van der Waals surface area contributed by atoms with E-state index in [2.05, 4.69) is 6.92 Å². The Balaban J connectivity index is 2.45. The summed E-state index contributed by atoms with van der Waals surface area (Å²) in [6.45, 7) is 7.96. The molecule has 0 heterocycles. The summed E-state index contributed by atoms with van der Waals surface area (Å²) < 4.78 is 24.0. The molecule has 1 N–H and O–H groups in total. The van der Waals surface area contributed by atoms with Gasteiger partial charge in [-0.25, -0.2) is 4.57 Å². The van der Waals surface area contributed by atoms with Crippen molar-refractivity contribution in [3.8, 4) is 22.6 Å². The van der Waals surface area contributed by atoms with Crippen LogP contribution in [0, 0.1) is 6.92 Å². The first-order valence-corrected chi connectivity index (χ1v) is 11.7. The lowest BCUT2D eigenvalue weighted by molar-refractivity contribution is 0.270. The molecule has 0 amide bonds. The largest absolute Gasteiger partial charge is 0.507 e. The average molecular weight is 390 g/mol. The van der Waals surface area contributed by atoms with Crippen LogP contribution in [0.5, 0.6) is 11.5 Å². The van der Waals surface area contributed by atoms with Crippen molar-refractivity contribution in [2.45, 2.75) is 52.9 Å². The van der Waals surface area contributed by atoms with E-state index in [4.69, 9.17) is 9.05 Å². The minimum atomic E-state index is -3.27. The van der Waals surface area contributed by atoms with Crippen molar-refractivity contribution in [1.82, 2.24) is 0 Å². The zero-order valence-electron chi connectivity index (χ0n) is 16.8. The Bertz CT molecular complexity index is 801. The molecule has 0 aliphatic carbocycles. The highest BCUT2D eigenvalue weighted by Gasteiger charge is 2.23. The summed E-state index contributed by atoms with van der Waals surface area (Å²) in [7, 11) is -3.27. The molecular formula is C22H31O4P. The molecule has 27 heavy (non-hydrogen) atoms. The maximum Gasteiger partial charge on any atom is 0.376 e. The number of hydrogen-bond donors (Lipinski definition) is 1. The number of hydrogen-bond acceptors (Lipinski definition) is 4. The van der Waals surface area contributed by atoms with Crippen molar-refractivity contribution in [1.29, 1.82) is 0 Å². The summed E-state index contributed by atoms with van der Waals surface area (Å²) in [5, 5.41) is 10.7. The van der Waals surface area contributed by atoms with Crippen LogP contribution >= 0.6 is 7.60 Å². The van der Waals surface area contributed by atoms with Gasteiger partial charge >= 0.3 is 7.60 Å². The zero-order chi connectivity index (χ0) is 19.9. The van der Waals surface area contributed by atoms with Crippen LogP contribution in [0.3, 0.4) is 0 Å². The normalized spacial score (nSPS) is 13.3. The van der Waals surface area contributed by atoms with Crippen LogP contribution in [-0.4, -0.2) is 18.4 Å². The number of unbranched alkanes of at least 4 members (excludes halogenated alkanes) is 2. The molecule has 1 atom stereocenters. The molecule has 2 aromatic rings. The molecule has 4 nitrogen and oxygen atoms in total. The average Bonchev–Trinajstić information content (AvgIpc) is 2.59. The van der Waals surface area contributed by atoms with E-state index < -0.39 is 7.60 Å². The van der Waals surface area contributed by atoms with Crippen molar-refractivity contribution >= 4 is 7.60 Å². The van der Waals surface area contributed by atoms with Gasteiger partial charge in [-0.3, -0.25) is 4.52 Å². The third-order valence-corrected chi connectivity index (χ3v) is 5.49. The van der Waals surface area contributed by atoms with Crippen LogP contribution in [0.2, 0.25) is 0 Å². The van der Waals surface area contributed by atoms with E-state index in [1.165, 1.54) is 6.66 Å². The summed E-state index contributed by atoms with van der Waals surface area (Å²) in [5.41, 5.74) is 3.44. The van der Waals surface area contributed by atoms with Crippen LogP contribution in [-0.2, 0) is 15.5 Å². The summed E-state index contributed by atoms with van der Waals surface area (Å²) in [5.74, 6) is 0.550. The molecule has 5 heteroatoms. The van der Waals surface area contributed by atoms with Gasteiger partial charge in [-0.1, -0.05) is 56.5 Å². The van der Waals surface area contributed by atoms with Crippen molar-refractivity contribution < 1.29 is 18.7 Å². The fraction of sp³-hybridized carbons (Fsp3) is 0.455. The first-order chi connectivity index (χ1) is 12.9. The van der Waals surface area contributed by atoms with Crippen LogP contribution in [0.1, 0.15) is 50.7 Å². The van der Waals surface area contributed by atoms with E-state index in [0.29, 0.717) is 17.9 Å². The van der Waals surface area contributed by atoms with E-state index >= 15 is 0 Å². The lowest BCUT2D eigenvalue weighted by atomic mass is 9.98. The Morgan fingerprint density at radius 1 is 1.07 bits per heavy atom. The Morgan fingerprint density at radius 2 is 1.85 bits per heavy atom. The van der Waals surface area contributed by atoms with Gasteiger partial charge in [0.1, 0.15) is 11.5 Å². The fourth-order valence-electron chi connectivity index (χ4n) is 3.00. The molecule has 2 aromatic carbocycles. The highest BCUT2D eigenvalue weighted by Crippen LogP contribution is 2.50. The van der Waals surface area contributed by atoms with Gasteiger partial charge in [-0.05, 0) is 49.4 Å². The van der Waals surface area contributed by atoms with Gasteiger partial charge in [0, 0.05) is 6.66 Å². The SMILES string of the molecule is CCCCCc1cc(O)c(-c2cccc(C)c2)c(OP(C)(=O)OCCC)c1. The Morgan fingerprint density at radius 3 is 2.52 bits per heavy atom. The third-order valence-electron chi connectivity index (χ3n) is 4.31. The van der Waals surface area contributed by atoms with Gasteiger partial charge in [0.25, 0.3) is 0 Å². The van der Waals surface area contributed by atoms with Crippen LogP contribution in [0.25, 0.3) is 11.1 Å². The topological polar surface area (TPSA) is 55.8 Å². The molecule has 0 saturated carbocycles. The molecule has 1 unspecified atom stereocenters. The number of phenols is 1. The van der Waals surface area contributed by atoms with Crippen LogP contribution in [0.4, 0.5) is 0 Å². The Kier molecular flexibility index (Phi) is 7.94. The van der Waals surface area contributed by atoms with Crippen molar-refractivity contribution in [3.63, 3.8) is 0 Å². The van der Waals surface area contributed by atoms with E-state index in [1.807, 2.05) is 44.2 Å². The number of aromatic hydroxyl groups is 1. The van der Waals surface area contributed by atoms with Crippen LogP contribution < -0.4 is 4.52 Å². The Hall–Kier alpha value is -1.77. The first-order valence-electron chi connectivity index (χ1n) is 9.71. The number of aryl methyl sites for hydroxylation is 2. The molecular weight excluding hydrogens is 359 g/mol. The van der Waals surface area contributed by atoms with E-state index in [-0.39, 0.29) is 5.75 Å². The second-order valence-electron chi connectivity index (χ2n) is 7.01. The minimum absolute atomic E-state index is 0.139. The van der Waals surface area contributed by atoms with Gasteiger partial charge in [0.15, 0.2) is 0 Å². The number of benzene rings is 2. The summed E-state index contributed by atoms with van der Waals surface area (Å²) in [6.07, 6.45) is 4.90. The second kappa shape index (κ2) is 9.96. The quantitative estimate of drug-likeness (QED) is 0.361. The summed E-state index contributed by atoms with van der Waals surface area (Å²) in [6, 6.07) is 11.5. The third kappa shape index (κ3) is 6.41. The van der Waals surface area contributed by atoms with Crippen LogP contribution in [0.15, 0.2) is 36.4 Å². The molecule has 0 aliphatic rings. The predicted molar refractivity (Wildman–Crippen MR) is 112 cm³/mol. The molecule has 0 radical (unpaired) electrons. The van der Waals surface area contributed by atoms with Crippen molar-refractivity contribution in [2.75, 3.05) is 13.3 Å². The van der Waals surface area contributed by atoms with E-state index in [1.54, 1.807) is 6.07 Å². The smallest absolute Gasteiger partial charge is 0.376 e. The monoisotopic (exact) mass is 390 g/mol. The molecule has 0 bridgehead atoms. The minimum Gasteiger partial charge on any atom is -0.507 e. The molecule has 148 valence electrons. The molecule has 0 aromatic heterocycles. The summed E-state index contributed by atoms with van der Waals surface area (Å²) >= 11 is 0. The summed E-state index contributed by atoms with van der Waals surface area (Å²) in [4.78, 5) is 0. The maximum absolute atomic E-state index is 12.7. The maximum atomic E-state index is 12.7. The van der Waals surface area contributed by atoms with Gasteiger partial charge in [0.05, 0.1) is 12.2 Å². The molecule has 0 aliphatic heterocycles. The lowest BCUT2D eigenvalue weighted by Crippen LogP contribution is -2.00. The van der Waals surface area contributed by atoms with Gasteiger partial charge < -0.3 is 9.63 Å². The predicted octanol–water partition coefficient (Wildman–Crippen LogP) is 6.73. The van der Waals surface area contributed by atoms with E-state index in [9.17, 15) is 9.67 Å². The number of rotatable bonds is 10. The number of phenolic OH excluding ortho intramolecular Hbond substituents is 1. The standard InChI is InChI=1S/C22H31O4P/c1-5-7-8-11-18-15-20(23)22(19-12-9-10-17(3)14-19)21(16-18)26-27(4,24)25-13-6-2/h9-10,12,14-16,23H,5-8,11,13H2,1-4H3. The van der Waals surface area contributed by atoms with E-state index in [0.717, 1.165) is 48.8 Å². The van der Waals surface area contributed by atoms with Gasteiger partial charge in [-0.15, -0.1) is 0 Å². The fourth-order valence-corrected chi connectivity index (χ4v) is 4.07. The molecule has 0 saturated heterocycles. The zero-order valence-corrected chi connectivity index (χ0v) is 17.7. The highest BCUT2D eigenvalue weighted by atomic mass is 31.2. The molecule has 0 fully saturated rings. The lowest BCUT2D eigenvalue weighted by Gasteiger charge is -2.20. The molecule has 0 spiro atoms. The molecule has 2 rings (SSSR count). The van der Waals surface area contributed by atoms with Crippen molar-refractivity contribution in [3.05, 3.63) is 47.5 Å². The first kappa shape index (κ1) is 21.5. The Labute approximate surface area is 163 Å². The van der Waals surface area contributed by atoms with Crippen molar-refractivity contribution in [2.24, 2.45) is 0 Å². The van der Waals surface area contributed by atoms with Gasteiger partial charge in [0.2, 0.25) is 0 Å². The second-order valence-corrected chi connectivity index (χ2v) is 8.99.